The van der Waals surface area contributed by atoms with E-state index >= 15 is 0 Å². The minimum Gasteiger partial charge on any atom is -0.467 e. The van der Waals surface area contributed by atoms with Gasteiger partial charge in [-0.05, 0) is 33.6 Å². The standard InChI is InChI=1S/C14H21NO4/c1-6-10-7-8-11(12(16)18-5)15(9-10)13(17)19-14(2,3)4/h1,10-11H,7-9H2,2-5H3/t10-,11+/m1/s1. The van der Waals surface area contributed by atoms with Crippen LogP contribution in [0.15, 0.2) is 0 Å². The number of hydrogen-bond donors (Lipinski definition) is 0. The summed E-state index contributed by atoms with van der Waals surface area (Å²) in [4.78, 5) is 25.2. The van der Waals surface area contributed by atoms with Gasteiger partial charge in [0, 0.05) is 12.5 Å². The van der Waals surface area contributed by atoms with Crippen LogP contribution >= 0.6 is 0 Å². The van der Waals surface area contributed by atoms with Crippen LogP contribution in [0.25, 0.3) is 0 Å². The highest BCUT2D eigenvalue weighted by Gasteiger charge is 2.38. The summed E-state index contributed by atoms with van der Waals surface area (Å²) in [7, 11) is 1.31. The molecule has 1 aliphatic rings. The maximum atomic E-state index is 12.1. The zero-order valence-electron chi connectivity index (χ0n) is 11.9. The Morgan fingerprint density at radius 3 is 2.42 bits per heavy atom. The Balaban J connectivity index is 2.85. The second-order valence-electron chi connectivity index (χ2n) is 5.61. The highest BCUT2D eigenvalue weighted by atomic mass is 16.6. The molecule has 0 aromatic heterocycles. The van der Waals surface area contributed by atoms with Crippen LogP contribution in [0, 0.1) is 18.3 Å². The fourth-order valence-electron chi connectivity index (χ4n) is 2.01. The molecule has 0 N–H and O–H groups in total. The second kappa shape index (κ2) is 5.96. The first-order valence-electron chi connectivity index (χ1n) is 6.32. The van der Waals surface area contributed by atoms with Crippen LogP contribution in [0.2, 0.25) is 0 Å². The Labute approximate surface area is 114 Å². The summed E-state index contributed by atoms with van der Waals surface area (Å²) in [6.07, 6.45) is 6.08. The lowest BCUT2D eigenvalue weighted by atomic mass is 9.93. The monoisotopic (exact) mass is 267 g/mol. The number of ether oxygens (including phenoxy) is 2. The van der Waals surface area contributed by atoms with Crippen LogP contribution in [0.5, 0.6) is 0 Å². The molecule has 0 bridgehead atoms. The summed E-state index contributed by atoms with van der Waals surface area (Å²) in [6, 6.07) is -0.607. The molecule has 19 heavy (non-hydrogen) atoms. The van der Waals surface area contributed by atoms with Gasteiger partial charge in [-0.15, -0.1) is 12.3 Å². The molecule has 1 aliphatic heterocycles. The molecule has 2 atom stereocenters. The number of hydrogen-bond acceptors (Lipinski definition) is 4. The Kier molecular flexibility index (Phi) is 4.82. The third-order valence-corrected chi connectivity index (χ3v) is 2.92. The van der Waals surface area contributed by atoms with Crippen LogP contribution in [0.4, 0.5) is 4.79 Å². The fourth-order valence-corrected chi connectivity index (χ4v) is 2.01. The second-order valence-corrected chi connectivity index (χ2v) is 5.61. The normalized spacial score (nSPS) is 23.4. The molecule has 1 fully saturated rings. The molecule has 0 radical (unpaired) electrons. The maximum Gasteiger partial charge on any atom is 0.411 e. The summed E-state index contributed by atoms with van der Waals surface area (Å²) >= 11 is 0. The molecule has 1 heterocycles. The summed E-state index contributed by atoms with van der Waals surface area (Å²) in [5.41, 5.74) is -0.610. The number of piperidine rings is 1. The van der Waals surface area contributed by atoms with E-state index in [0.717, 1.165) is 0 Å². The van der Waals surface area contributed by atoms with E-state index in [0.29, 0.717) is 19.4 Å². The molecule has 0 aromatic carbocycles. The third kappa shape index (κ3) is 4.16. The minimum absolute atomic E-state index is 0.0478. The number of carbonyl (C=O) groups is 2. The van der Waals surface area contributed by atoms with Crippen molar-refractivity contribution in [2.75, 3.05) is 13.7 Å². The van der Waals surface area contributed by atoms with Crippen molar-refractivity contribution < 1.29 is 19.1 Å². The third-order valence-electron chi connectivity index (χ3n) is 2.92. The molecule has 0 unspecified atom stereocenters. The minimum atomic E-state index is -0.610. The van der Waals surface area contributed by atoms with Crippen LogP contribution in [-0.4, -0.2) is 42.3 Å². The molecular formula is C14H21NO4. The molecule has 0 aromatic rings. The SMILES string of the molecule is C#C[C@@H]1CC[C@@H](C(=O)OC)N(C(=O)OC(C)(C)C)C1. The van der Waals surface area contributed by atoms with Gasteiger partial charge in [0.1, 0.15) is 11.6 Å². The predicted octanol–water partition coefficient (Wildman–Crippen LogP) is 1.81. The number of carbonyl (C=O) groups excluding carboxylic acids is 2. The summed E-state index contributed by atoms with van der Waals surface area (Å²) in [5, 5.41) is 0. The van der Waals surface area contributed by atoms with Gasteiger partial charge >= 0.3 is 12.1 Å². The molecular weight excluding hydrogens is 246 g/mol. The topological polar surface area (TPSA) is 55.8 Å². The Bertz CT molecular complexity index is 391. The van der Waals surface area contributed by atoms with Crippen molar-refractivity contribution in [2.24, 2.45) is 5.92 Å². The highest BCUT2D eigenvalue weighted by Crippen LogP contribution is 2.24. The van der Waals surface area contributed by atoms with Gasteiger partial charge in [-0.1, -0.05) is 0 Å². The largest absolute Gasteiger partial charge is 0.467 e. The molecule has 0 spiro atoms. The van der Waals surface area contributed by atoms with Gasteiger partial charge in [0.05, 0.1) is 7.11 Å². The molecule has 5 nitrogen and oxygen atoms in total. The zero-order chi connectivity index (χ0) is 14.6. The lowest BCUT2D eigenvalue weighted by Crippen LogP contribution is -2.52. The molecule has 106 valence electrons. The van der Waals surface area contributed by atoms with E-state index in [4.69, 9.17) is 15.9 Å². The van der Waals surface area contributed by atoms with Crippen LogP contribution in [-0.2, 0) is 14.3 Å². The van der Waals surface area contributed by atoms with Crippen molar-refractivity contribution in [3.63, 3.8) is 0 Å². The molecule has 0 aliphatic carbocycles. The number of methoxy groups -OCH3 is 1. The summed E-state index contributed by atoms with van der Waals surface area (Å²) in [5.74, 6) is 2.15. The lowest BCUT2D eigenvalue weighted by Gasteiger charge is -2.37. The van der Waals surface area contributed by atoms with Gasteiger partial charge in [-0.25, -0.2) is 9.59 Å². The van der Waals surface area contributed by atoms with E-state index in [2.05, 4.69) is 5.92 Å². The molecule has 5 heteroatoms. The number of esters is 1. The number of rotatable bonds is 1. The van der Waals surface area contributed by atoms with Crippen molar-refractivity contribution >= 4 is 12.1 Å². The van der Waals surface area contributed by atoms with Crippen LogP contribution in [0.1, 0.15) is 33.6 Å². The van der Waals surface area contributed by atoms with Gasteiger partial charge in [-0.3, -0.25) is 4.90 Å². The van der Waals surface area contributed by atoms with Crippen molar-refractivity contribution in [3.8, 4) is 12.3 Å². The van der Waals surface area contributed by atoms with Gasteiger partial charge in [0.15, 0.2) is 0 Å². The summed E-state index contributed by atoms with van der Waals surface area (Å²) in [6.45, 7) is 5.66. The summed E-state index contributed by atoms with van der Waals surface area (Å²) < 4.78 is 10.0. The van der Waals surface area contributed by atoms with Crippen molar-refractivity contribution in [3.05, 3.63) is 0 Å². The quantitative estimate of drug-likeness (QED) is 0.537. The van der Waals surface area contributed by atoms with Crippen LogP contribution < -0.4 is 0 Å². The maximum absolute atomic E-state index is 12.1. The van der Waals surface area contributed by atoms with Gasteiger partial charge in [0.25, 0.3) is 0 Å². The van der Waals surface area contributed by atoms with Gasteiger partial charge in [0.2, 0.25) is 0 Å². The number of terminal acetylenes is 1. The highest BCUT2D eigenvalue weighted by molar-refractivity contribution is 5.81. The lowest BCUT2D eigenvalue weighted by molar-refractivity contribution is -0.148. The molecule has 0 saturated carbocycles. The van der Waals surface area contributed by atoms with E-state index in [1.165, 1.54) is 12.0 Å². The van der Waals surface area contributed by atoms with E-state index in [1.54, 1.807) is 20.8 Å². The van der Waals surface area contributed by atoms with Gasteiger partial charge in [-0.2, -0.15) is 0 Å². The zero-order valence-corrected chi connectivity index (χ0v) is 11.9. The van der Waals surface area contributed by atoms with Crippen molar-refractivity contribution in [1.82, 2.24) is 4.90 Å². The van der Waals surface area contributed by atoms with E-state index in [1.807, 2.05) is 0 Å². The molecule has 1 rings (SSSR count). The first-order valence-corrected chi connectivity index (χ1v) is 6.32. The Morgan fingerprint density at radius 1 is 1.32 bits per heavy atom. The van der Waals surface area contributed by atoms with Crippen LogP contribution in [0.3, 0.4) is 0 Å². The van der Waals surface area contributed by atoms with Gasteiger partial charge < -0.3 is 9.47 Å². The van der Waals surface area contributed by atoms with Crippen molar-refractivity contribution in [2.45, 2.75) is 45.3 Å². The first-order chi connectivity index (χ1) is 8.78. The number of nitrogens with zero attached hydrogens (tertiary/aromatic N) is 1. The Morgan fingerprint density at radius 2 is 1.95 bits per heavy atom. The smallest absolute Gasteiger partial charge is 0.411 e. The van der Waals surface area contributed by atoms with E-state index in [-0.39, 0.29) is 5.92 Å². The first kappa shape index (κ1) is 15.4. The van der Waals surface area contributed by atoms with E-state index < -0.39 is 23.7 Å². The van der Waals surface area contributed by atoms with Crippen molar-refractivity contribution in [1.29, 1.82) is 0 Å². The molecule has 1 amide bonds. The average Bonchev–Trinajstić information content (AvgIpc) is 2.35. The fraction of sp³-hybridized carbons (Fsp3) is 0.714. The van der Waals surface area contributed by atoms with E-state index in [9.17, 15) is 9.59 Å². The molecule has 1 saturated heterocycles. The Hall–Kier alpha value is -1.70. The predicted molar refractivity (Wildman–Crippen MR) is 70.3 cm³/mol. The number of amides is 1. The average molecular weight is 267 g/mol. The number of likely N-dealkylation sites (tertiary alicyclic amines) is 1.